The summed E-state index contributed by atoms with van der Waals surface area (Å²) in [5.41, 5.74) is 0. The van der Waals surface area contributed by atoms with E-state index in [-0.39, 0.29) is 12.0 Å². The normalized spacial score (nSPS) is 26.9. The second-order valence-corrected chi connectivity index (χ2v) is 5.44. The van der Waals surface area contributed by atoms with Crippen LogP contribution in [0.3, 0.4) is 0 Å². The number of hydrogen-bond donors (Lipinski definition) is 0. The summed E-state index contributed by atoms with van der Waals surface area (Å²) >= 11 is 0. The first-order valence-corrected chi connectivity index (χ1v) is 6.92. The van der Waals surface area contributed by atoms with Gasteiger partial charge in [-0.25, -0.2) is 0 Å². The van der Waals surface area contributed by atoms with Crippen molar-refractivity contribution in [3.63, 3.8) is 0 Å². The molecule has 3 nitrogen and oxygen atoms in total. The van der Waals surface area contributed by atoms with Gasteiger partial charge < -0.3 is 9.64 Å². The number of carbonyl (C=O) groups excluding carboxylic acids is 1. The van der Waals surface area contributed by atoms with Crippen molar-refractivity contribution < 1.29 is 9.53 Å². The van der Waals surface area contributed by atoms with Gasteiger partial charge in [0.1, 0.15) is 0 Å². The summed E-state index contributed by atoms with van der Waals surface area (Å²) in [6, 6.07) is 0.933. The van der Waals surface area contributed by atoms with Crippen molar-refractivity contribution in [2.75, 3.05) is 13.7 Å². The van der Waals surface area contributed by atoms with E-state index in [4.69, 9.17) is 4.74 Å². The van der Waals surface area contributed by atoms with Crippen molar-refractivity contribution in [2.24, 2.45) is 5.92 Å². The Kier molecular flexibility index (Phi) is 5.96. The van der Waals surface area contributed by atoms with Gasteiger partial charge in [0.2, 0.25) is 0 Å². The summed E-state index contributed by atoms with van der Waals surface area (Å²) in [6.45, 7) is 6.79. The van der Waals surface area contributed by atoms with Crippen LogP contribution < -0.4 is 0 Å². The summed E-state index contributed by atoms with van der Waals surface area (Å²) in [5, 5.41) is 0. The highest BCUT2D eigenvalue weighted by Gasteiger charge is 2.25. The van der Waals surface area contributed by atoms with Crippen molar-refractivity contribution in [1.29, 1.82) is 0 Å². The summed E-state index contributed by atoms with van der Waals surface area (Å²) in [7, 11) is 2.14. The second-order valence-electron chi connectivity index (χ2n) is 5.44. The van der Waals surface area contributed by atoms with Gasteiger partial charge in [-0.05, 0) is 52.5 Å². The van der Waals surface area contributed by atoms with E-state index in [1.807, 2.05) is 6.92 Å². The number of rotatable bonds is 5. The predicted octanol–water partition coefficient (Wildman–Crippen LogP) is 2.84. The van der Waals surface area contributed by atoms with Gasteiger partial charge in [-0.3, -0.25) is 4.79 Å². The van der Waals surface area contributed by atoms with Crippen LogP contribution in [-0.2, 0) is 9.53 Å². The fraction of sp³-hybridized carbons (Fsp3) is 0.929. The maximum atomic E-state index is 11.4. The van der Waals surface area contributed by atoms with Crippen LogP contribution in [0.25, 0.3) is 0 Å². The summed E-state index contributed by atoms with van der Waals surface area (Å²) in [5.74, 6) is 0.802. The number of nitrogens with zero attached hydrogens (tertiary/aromatic N) is 1. The number of carbonyl (C=O) groups is 1. The number of ether oxygens (including phenoxy) is 1. The molecule has 1 aliphatic carbocycles. The van der Waals surface area contributed by atoms with E-state index in [1.54, 1.807) is 0 Å². The molecule has 1 aliphatic rings. The van der Waals surface area contributed by atoms with E-state index in [0.29, 0.717) is 19.1 Å². The number of hydrogen-bond acceptors (Lipinski definition) is 3. The zero-order chi connectivity index (χ0) is 12.8. The van der Waals surface area contributed by atoms with Gasteiger partial charge in [0, 0.05) is 12.1 Å². The molecule has 0 saturated heterocycles. The minimum absolute atomic E-state index is 0.0731. The van der Waals surface area contributed by atoms with Crippen LogP contribution in [0.5, 0.6) is 0 Å². The molecule has 1 rings (SSSR count). The highest BCUT2D eigenvalue weighted by Crippen LogP contribution is 2.27. The van der Waals surface area contributed by atoms with Crippen molar-refractivity contribution in [1.82, 2.24) is 4.90 Å². The minimum Gasteiger partial charge on any atom is -0.466 e. The van der Waals surface area contributed by atoms with Crippen LogP contribution >= 0.6 is 0 Å². The molecular formula is C14H27NO2. The van der Waals surface area contributed by atoms with Crippen LogP contribution in [0.4, 0.5) is 0 Å². The lowest BCUT2D eigenvalue weighted by atomic mass is 9.86. The van der Waals surface area contributed by atoms with Gasteiger partial charge in [-0.15, -0.1) is 0 Å². The van der Waals surface area contributed by atoms with Crippen LogP contribution in [0, 0.1) is 5.92 Å². The molecule has 0 aromatic heterocycles. The lowest BCUT2D eigenvalue weighted by Gasteiger charge is -2.37. The van der Waals surface area contributed by atoms with Gasteiger partial charge in [0.25, 0.3) is 0 Å². The van der Waals surface area contributed by atoms with Crippen LogP contribution in [-0.4, -0.2) is 36.6 Å². The highest BCUT2D eigenvalue weighted by molar-refractivity contribution is 5.70. The first-order valence-electron chi connectivity index (χ1n) is 6.92. The first-order chi connectivity index (χ1) is 8.04. The lowest BCUT2D eigenvalue weighted by molar-refractivity contribution is -0.144. The Bertz CT molecular complexity index is 234. The fourth-order valence-corrected chi connectivity index (χ4v) is 2.61. The standard InChI is InChI=1S/C14H27NO2/c1-5-17-14(16)10-12(3)15(4)13-8-6-11(2)7-9-13/h11-13H,5-10H2,1-4H3. The Hall–Kier alpha value is -0.570. The topological polar surface area (TPSA) is 29.5 Å². The van der Waals surface area contributed by atoms with E-state index in [1.165, 1.54) is 25.7 Å². The third-order valence-corrected chi connectivity index (χ3v) is 4.02. The SMILES string of the molecule is CCOC(=O)CC(C)N(C)C1CCC(C)CC1. The van der Waals surface area contributed by atoms with Crippen LogP contribution in [0.1, 0.15) is 52.9 Å². The summed E-state index contributed by atoms with van der Waals surface area (Å²) in [4.78, 5) is 13.8. The van der Waals surface area contributed by atoms with E-state index < -0.39 is 0 Å². The molecule has 1 fully saturated rings. The molecule has 100 valence electrons. The molecule has 0 aliphatic heterocycles. The highest BCUT2D eigenvalue weighted by atomic mass is 16.5. The molecule has 1 unspecified atom stereocenters. The van der Waals surface area contributed by atoms with Crippen molar-refractivity contribution in [3.05, 3.63) is 0 Å². The molecule has 0 heterocycles. The Morgan fingerprint density at radius 1 is 1.35 bits per heavy atom. The number of esters is 1. The van der Waals surface area contributed by atoms with Gasteiger partial charge in [-0.2, -0.15) is 0 Å². The van der Waals surface area contributed by atoms with Gasteiger partial charge >= 0.3 is 5.97 Å². The molecule has 0 amide bonds. The third-order valence-electron chi connectivity index (χ3n) is 4.02. The minimum atomic E-state index is -0.0731. The molecule has 0 bridgehead atoms. The molecule has 1 saturated carbocycles. The molecule has 0 spiro atoms. The van der Waals surface area contributed by atoms with E-state index in [2.05, 4.69) is 25.8 Å². The van der Waals surface area contributed by atoms with Gasteiger partial charge in [-0.1, -0.05) is 6.92 Å². The quantitative estimate of drug-likeness (QED) is 0.693. The smallest absolute Gasteiger partial charge is 0.307 e. The van der Waals surface area contributed by atoms with Crippen LogP contribution in [0.15, 0.2) is 0 Å². The summed E-state index contributed by atoms with van der Waals surface area (Å²) < 4.78 is 5.00. The molecule has 0 aromatic carbocycles. The van der Waals surface area contributed by atoms with Gasteiger partial charge in [0.05, 0.1) is 13.0 Å². The zero-order valence-electron chi connectivity index (χ0n) is 11.7. The molecule has 0 radical (unpaired) electrons. The molecule has 17 heavy (non-hydrogen) atoms. The lowest BCUT2D eigenvalue weighted by Crippen LogP contribution is -2.41. The van der Waals surface area contributed by atoms with Crippen molar-refractivity contribution in [3.8, 4) is 0 Å². The van der Waals surface area contributed by atoms with E-state index in [9.17, 15) is 4.79 Å². The molecule has 1 atom stereocenters. The maximum Gasteiger partial charge on any atom is 0.307 e. The Balaban J connectivity index is 2.35. The van der Waals surface area contributed by atoms with E-state index >= 15 is 0 Å². The molecule has 3 heteroatoms. The van der Waals surface area contributed by atoms with Crippen molar-refractivity contribution in [2.45, 2.75) is 65.0 Å². The molecule has 0 aromatic rings. The average molecular weight is 241 g/mol. The van der Waals surface area contributed by atoms with Gasteiger partial charge in [0.15, 0.2) is 0 Å². The van der Waals surface area contributed by atoms with E-state index in [0.717, 1.165) is 5.92 Å². The first kappa shape index (κ1) is 14.5. The molecule has 0 N–H and O–H groups in total. The summed E-state index contributed by atoms with van der Waals surface area (Å²) in [6.07, 6.45) is 5.69. The average Bonchev–Trinajstić information content (AvgIpc) is 2.29. The predicted molar refractivity (Wildman–Crippen MR) is 69.9 cm³/mol. The molecular weight excluding hydrogens is 214 g/mol. The van der Waals surface area contributed by atoms with Crippen molar-refractivity contribution >= 4 is 5.97 Å². The maximum absolute atomic E-state index is 11.4. The van der Waals surface area contributed by atoms with Crippen LogP contribution in [0.2, 0.25) is 0 Å². The Morgan fingerprint density at radius 2 is 1.94 bits per heavy atom. The largest absolute Gasteiger partial charge is 0.466 e. The zero-order valence-corrected chi connectivity index (χ0v) is 11.7. The second kappa shape index (κ2) is 7.00. The fourth-order valence-electron chi connectivity index (χ4n) is 2.61. The third kappa shape index (κ3) is 4.66. The Labute approximate surface area is 106 Å². The Morgan fingerprint density at radius 3 is 2.47 bits per heavy atom. The monoisotopic (exact) mass is 241 g/mol.